The lowest BCUT2D eigenvalue weighted by molar-refractivity contribution is -0.127. The van der Waals surface area contributed by atoms with E-state index in [1.165, 1.54) is 0 Å². The molecule has 2 atom stereocenters. The molecule has 2 N–H and O–H groups in total. The first-order valence-electron chi connectivity index (χ1n) is 7.15. The van der Waals surface area contributed by atoms with Crippen LogP contribution in [0.5, 0.6) is 0 Å². The number of alkyl halides is 3. The van der Waals surface area contributed by atoms with E-state index in [0.29, 0.717) is 5.25 Å². The maximum absolute atomic E-state index is 12.0. The summed E-state index contributed by atoms with van der Waals surface area (Å²) in [4.78, 5) is 25.3. The van der Waals surface area contributed by atoms with E-state index in [9.17, 15) is 22.8 Å². The quantitative estimate of drug-likeness (QED) is 0.821. The second kappa shape index (κ2) is 8.61. The predicted octanol–water partition coefficient (Wildman–Crippen LogP) is 1.98. The molecule has 3 amide bonds. The van der Waals surface area contributed by atoms with E-state index in [1.54, 1.807) is 24.0 Å². The average molecular weight is 341 g/mol. The molecule has 2 unspecified atom stereocenters. The number of amides is 3. The maximum atomic E-state index is 12.0. The fraction of sp³-hybridized carbons (Fsp3) is 0.846. The van der Waals surface area contributed by atoms with Gasteiger partial charge in [-0.05, 0) is 32.6 Å². The molecule has 1 saturated heterocycles. The molecule has 22 heavy (non-hydrogen) atoms. The summed E-state index contributed by atoms with van der Waals surface area (Å²) < 4.78 is 36.0. The van der Waals surface area contributed by atoms with Crippen molar-refractivity contribution < 1.29 is 22.8 Å². The van der Waals surface area contributed by atoms with Gasteiger partial charge < -0.3 is 5.32 Å². The normalized spacial score (nSPS) is 21.8. The summed E-state index contributed by atoms with van der Waals surface area (Å²) in [6, 6.07) is -1.67. The fourth-order valence-corrected chi connectivity index (χ4v) is 3.02. The number of carbonyl (C=O) groups excluding carboxylic acids is 2. The highest BCUT2D eigenvalue weighted by Crippen LogP contribution is 2.21. The van der Waals surface area contributed by atoms with Crippen LogP contribution in [0.1, 0.15) is 26.2 Å². The highest BCUT2D eigenvalue weighted by atomic mass is 32.2. The van der Waals surface area contributed by atoms with Gasteiger partial charge in [0, 0.05) is 11.8 Å². The van der Waals surface area contributed by atoms with Crippen LogP contribution >= 0.6 is 11.8 Å². The van der Waals surface area contributed by atoms with Crippen molar-refractivity contribution in [1.29, 1.82) is 0 Å². The first kappa shape index (κ1) is 19.1. The van der Waals surface area contributed by atoms with Crippen molar-refractivity contribution in [2.24, 2.45) is 0 Å². The van der Waals surface area contributed by atoms with E-state index in [2.05, 4.69) is 0 Å². The molecule has 1 heterocycles. The molecule has 5 nitrogen and oxygen atoms in total. The van der Waals surface area contributed by atoms with E-state index in [-0.39, 0.29) is 0 Å². The number of nitrogens with one attached hydrogen (secondary N) is 2. The van der Waals surface area contributed by atoms with Gasteiger partial charge in [0.2, 0.25) is 5.91 Å². The summed E-state index contributed by atoms with van der Waals surface area (Å²) >= 11 is 1.74. The van der Waals surface area contributed by atoms with Crippen molar-refractivity contribution in [3.63, 3.8) is 0 Å². The van der Waals surface area contributed by atoms with Crippen LogP contribution in [0.25, 0.3) is 0 Å². The Kier molecular flexibility index (Phi) is 7.47. The Balaban J connectivity index is 2.47. The third kappa shape index (κ3) is 6.87. The summed E-state index contributed by atoms with van der Waals surface area (Å²) in [5, 5.41) is 4.02. The second-order valence-electron chi connectivity index (χ2n) is 5.31. The van der Waals surface area contributed by atoms with E-state index >= 15 is 0 Å². The smallest absolute Gasteiger partial charge is 0.329 e. The standard InChI is InChI=1S/C13H22F3N3O2S/c1-9(19-6-4-3-5-10(7-19)22-2)11(20)18-12(21)17-8-13(14,15)16/h9-10H,3-8H2,1-2H3,(H2,17,18,20,21). The molecule has 0 bridgehead atoms. The van der Waals surface area contributed by atoms with Gasteiger partial charge in [-0.15, -0.1) is 0 Å². The Hall–Kier alpha value is -0.960. The van der Waals surface area contributed by atoms with Crippen LogP contribution in [-0.2, 0) is 4.79 Å². The van der Waals surface area contributed by atoms with Crippen LogP contribution in [0.4, 0.5) is 18.0 Å². The van der Waals surface area contributed by atoms with E-state index in [4.69, 9.17) is 0 Å². The number of nitrogens with zero attached hydrogens (tertiary/aromatic N) is 1. The number of rotatable bonds is 4. The third-order valence-electron chi connectivity index (χ3n) is 3.61. The zero-order chi connectivity index (χ0) is 16.8. The Labute approximate surface area is 132 Å². The van der Waals surface area contributed by atoms with Crippen molar-refractivity contribution in [3.8, 4) is 0 Å². The molecule has 1 fully saturated rings. The lowest BCUT2D eigenvalue weighted by Crippen LogP contribution is -2.51. The maximum Gasteiger partial charge on any atom is 0.405 e. The van der Waals surface area contributed by atoms with Crippen molar-refractivity contribution in [2.45, 2.75) is 43.7 Å². The van der Waals surface area contributed by atoms with Crippen LogP contribution in [0, 0.1) is 0 Å². The van der Waals surface area contributed by atoms with Gasteiger partial charge in [0.25, 0.3) is 0 Å². The minimum Gasteiger partial charge on any atom is -0.329 e. The van der Waals surface area contributed by atoms with Gasteiger partial charge in [0.05, 0.1) is 6.04 Å². The van der Waals surface area contributed by atoms with Gasteiger partial charge in [-0.2, -0.15) is 24.9 Å². The zero-order valence-electron chi connectivity index (χ0n) is 12.7. The molecular weight excluding hydrogens is 319 g/mol. The molecule has 0 aromatic heterocycles. The molecule has 1 rings (SSSR count). The average Bonchev–Trinajstić information content (AvgIpc) is 2.69. The number of carbonyl (C=O) groups is 2. The SMILES string of the molecule is CSC1CCCCN(C(C)C(=O)NC(=O)NCC(F)(F)F)C1. The molecule has 128 valence electrons. The summed E-state index contributed by atoms with van der Waals surface area (Å²) in [7, 11) is 0. The molecule has 0 aromatic rings. The van der Waals surface area contributed by atoms with Crippen molar-refractivity contribution in [2.75, 3.05) is 25.9 Å². The van der Waals surface area contributed by atoms with Gasteiger partial charge in [0.15, 0.2) is 0 Å². The van der Waals surface area contributed by atoms with Crippen molar-refractivity contribution >= 4 is 23.7 Å². The Bertz CT molecular complexity index is 393. The number of likely N-dealkylation sites (tertiary alicyclic amines) is 1. The molecule has 0 aliphatic carbocycles. The fourth-order valence-electron chi connectivity index (χ4n) is 2.28. The molecule has 0 saturated carbocycles. The second-order valence-corrected chi connectivity index (χ2v) is 6.45. The Morgan fingerprint density at radius 1 is 1.36 bits per heavy atom. The number of hydrogen-bond donors (Lipinski definition) is 2. The van der Waals surface area contributed by atoms with Gasteiger partial charge in [-0.3, -0.25) is 15.0 Å². The number of halogens is 3. The molecular formula is C13H22F3N3O2S. The molecule has 0 radical (unpaired) electrons. The number of thioether (sulfide) groups is 1. The van der Waals surface area contributed by atoms with Crippen molar-refractivity contribution in [1.82, 2.24) is 15.5 Å². The first-order chi connectivity index (χ1) is 10.2. The summed E-state index contributed by atoms with van der Waals surface area (Å²) in [5.74, 6) is -0.582. The number of imide groups is 1. The molecule has 0 aromatic carbocycles. The van der Waals surface area contributed by atoms with Crippen LogP contribution < -0.4 is 10.6 Å². The van der Waals surface area contributed by atoms with Crippen LogP contribution in [0.3, 0.4) is 0 Å². The minimum absolute atomic E-state index is 0.428. The highest BCUT2D eigenvalue weighted by Gasteiger charge is 2.29. The zero-order valence-corrected chi connectivity index (χ0v) is 13.5. The van der Waals surface area contributed by atoms with E-state index < -0.39 is 30.7 Å². The van der Waals surface area contributed by atoms with Gasteiger partial charge in [-0.25, -0.2) is 4.79 Å². The van der Waals surface area contributed by atoms with Gasteiger partial charge in [-0.1, -0.05) is 6.42 Å². The van der Waals surface area contributed by atoms with Crippen LogP contribution in [-0.4, -0.2) is 60.2 Å². The molecule has 9 heteroatoms. The lowest BCUT2D eigenvalue weighted by atomic mass is 10.2. The third-order valence-corrected chi connectivity index (χ3v) is 4.66. The van der Waals surface area contributed by atoms with Crippen LogP contribution in [0.2, 0.25) is 0 Å². The largest absolute Gasteiger partial charge is 0.405 e. The first-order valence-corrected chi connectivity index (χ1v) is 8.44. The molecule has 1 aliphatic rings. The highest BCUT2D eigenvalue weighted by molar-refractivity contribution is 7.99. The minimum atomic E-state index is -4.50. The molecule has 0 spiro atoms. The topological polar surface area (TPSA) is 61.4 Å². The van der Waals surface area contributed by atoms with Crippen molar-refractivity contribution in [3.05, 3.63) is 0 Å². The number of urea groups is 1. The monoisotopic (exact) mass is 341 g/mol. The Morgan fingerprint density at radius 2 is 2.05 bits per heavy atom. The summed E-state index contributed by atoms with van der Waals surface area (Å²) in [6.45, 7) is 1.68. The van der Waals surface area contributed by atoms with E-state index in [1.807, 2.05) is 16.5 Å². The predicted molar refractivity (Wildman–Crippen MR) is 79.8 cm³/mol. The van der Waals surface area contributed by atoms with Crippen LogP contribution in [0.15, 0.2) is 0 Å². The van der Waals surface area contributed by atoms with Gasteiger partial charge >= 0.3 is 12.2 Å². The Morgan fingerprint density at radius 3 is 2.64 bits per heavy atom. The van der Waals surface area contributed by atoms with E-state index in [0.717, 1.165) is 32.4 Å². The molecule has 1 aliphatic heterocycles. The van der Waals surface area contributed by atoms with Gasteiger partial charge in [0.1, 0.15) is 6.54 Å². The number of hydrogen-bond acceptors (Lipinski definition) is 4. The lowest BCUT2D eigenvalue weighted by Gasteiger charge is -2.28. The summed E-state index contributed by atoms with van der Waals surface area (Å²) in [5.41, 5.74) is 0. The summed E-state index contributed by atoms with van der Waals surface area (Å²) in [6.07, 6.45) is 0.654.